The van der Waals surface area contributed by atoms with Crippen LogP contribution < -0.4 is 20.3 Å². The zero-order valence-corrected chi connectivity index (χ0v) is 19.1. The van der Waals surface area contributed by atoms with Gasteiger partial charge in [-0.05, 0) is 25.5 Å². The average Bonchev–Trinajstić information content (AvgIpc) is 3.46. The Kier molecular flexibility index (Phi) is 5.37. The third-order valence-corrected chi connectivity index (χ3v) is 6.14. The van der Waals surface area contributed by atoms with Crippen LogP contribution in [0.5, 0.6) is 5.75 Å². The number of hydrogen-bond donors (Lipinski definition) is 2. The van der Waals surface area contributed by atoms with Crippen LogP contribution in [0.3, 0.4) is 0 Å². The van der Waals surface area contributed by atoms with E-state index in [1.165, 1.54) is 0 Å². The van der Waals surface area contributed by atoms with Crippen LogP contribution in [0.25, 0.3) is 5.69 Å². The fourth-order valence-electron chi connectivity index (χ4n) is 4.45. The fourth-order valence-corrected chi connectivity index (χ4v) is 4.45. The molecule has 4 heterocycles. The molecule has 1 fully saturated rings. The maximum absolute atomic E-state index is 12.7. The van der Waals surface area contributed by atoms with Gasteiger partial charge < -0.3 is 29.6 Å². The minimum Gasteiger partial charge on any atom is -0.494 e. The topological polar surface area (TPSA) is 106 Å². The van der Waals surface area contributed by atoms with Gasteiger partial charge in [-0.1, -0.05) is 6.92 Å². The van der Waals surface area contributed by atoms with Crippen molar-refractivity contribution in [1.29, 1.82) is 0 Å². The third kappa shape index (κ3) is 3.76. The number of anilines is 4. The van der Waals surface area contributed by atoms with E-state index in [1.807, 2.05) is 47.7 Å². The Morgan fingerprint density at radius 1 is 1.27 bits per heavy atom. The molecule has 33 heavy (non-hydrogen) atoms. The predicted molar refractivity (Wildman–Crippen MR) is 125 cm³/mol. The summed E-state index contributed by atoms with van der Waals surface area (Å²) in [6.07, 6.45) is 5.00. The highest BCUT2D eigenvalue weighted by molar-refractivity contribution is 6.04. The second-order valence-electron chi connectivity index (χ2n) is 8.23. The number of aromatic nitrogens is 4. The molecule has 2 atom stereocenters. The number of fused-ring (bicyclic) bond motifs is 3. The SMILES string of the molecule is CCc1nc(Nc2ccc(-n3cnc(C)c3)c(OC)c2)nc2c1NC(=O)C1CC(OC)CN21. The van der Waals surface area contributed by atoms with E-state index >= 15 is 0 Å². The number of methoxy groups -OCH3 is 2. The Bertz CT molecular complexity index is 1210. The number of hydrogen-bond acceptors (Lipinski definition) is 8. The Labute approximate surface area is 192 Å². The molecule has 5 rings (SSSR count). The summed E-state index contributed by atoms with van der Waals surface area (Å²) in [4.78, 5) is 28.4. The van der Waals surface area contributed by atoms with Gasteiger partial charge in [0.15, 0.2) is 5.82 Å². The molecule has 0 saturated carbocycles. The molecule has 0 aliphatic carbocycles. The van der Waals surface area contributed by atoms with Gasteiger partial charge in [0.25, 0.3) is 0 Å². The minimum absolute atomic E-state index is 0.00762. The molecule has 2 N–H and O–H groups in total. The van der Waals surface area contributed by atoms with Gasteiger partial charge in [-0.15, -0.1) is 0 Å². The Morgan fingerprint density at radius 3 is 2.82 bits per heavy atom. The maximum Gasteiger partial charge on any atom is 0.247 e. The average molecular weight is 450 g/mol. The second-order valence-corrected chi connectivity index (χ2v) is 8.23. The van der Waals surface area contributed by atoms with E-state index in [9.17, 15) is 4.79 Å². The van der Waals surface area contributed by atoms with E-state index in [0.717, 1.165) is 28.6 Å². The lowest BCUT2D eigenvalue weighted by Gasteiger charge is -2.32. The predicted octanol–water partition coefficient (Wildman–Crippen LogP) is 2.83. The van der Waals surface area contributed by atoms with E-state index in [-0.39, 0.29) is 18.1 Å². The first kappa shape index (κ1) is 21.2. The Morgan fingerprint density at radius 2 is 2.12 bits per heavy atom. The molecule has 3 aromatic rings. The molecule has 0 spiro atoms. The van der Waals surface area contributed by atoms with E-state index in [2.05, 4.69) is 20.6 Å². The van der Waals surface area contributed by atoms with Crippen LogP contribution in [0, 0.1) is 6.92 Å². The van der Waals surface area contributed by atoms with Crippen molar-refractivity contribution in [2.45, 2.75) is 38.8 Å². The largest absolute Gasteiger partial charge is 0.494 e. The van der Waals surface area contributed by atoms with Gasteiger partial charge >= 0.3 is 0 Å². The van der Waals surface area contributed by atoms with E-state index in [0.29, 0.717) is 36.8 Å². The summed E-state index contributed by atoms with van der Waals surface area (Å²) in [6.45, 7) is 4.57. The highest BCUT2D eigenvalue weighted by atomic mass is 16.5. The molecule has 1 saturated heterocycles. The zero-order chi connectivity index (χ0) is 23.1. The monoisotopic (exact) mass is 449 g/mol. The zero-order valence-electron chi connectivity index (χ0n) is 19.1. The van der Waals surface area contributed by atoms with Crippen molar-refractivity contribution < 1.29 is 14.3 Å². The van der Waals surface area contributed by atoms with Crippen molar-refractivity contribution in [3.8, 4) is 11.4 Å². The smallest absolute Gasteiger partial charge is 0.247 e. The van der Waals surface area contributed by atoms with Crippen molar-refractivity contribution in [3.63, 3.8) is 0 Å². The number of carbonyl (C=O) groups is 1. The number of nitrogens with zero attached hydrogens (tertiary/aromatic N) is 5. The molecule has 2 aliphatic rings. The van der Waals surface area contributed by atoms with E-state index in [1.54, 1.807) is 20.5 Å². The molecule has 1 aromatic carbocycles. The summed E-state index contributed by atoms with van der Waals surface area (Å²) in [5, 5.41) is 6.32. The van der Waals surface area contributed by atoms with Gasteiger partial charge in [0.05, 0.1) is 36.6 Å². The quantitative estimate of drug-likeness (QED) is 0.592. The van der Waals surface area contributed by atoms with Crippen molar-refractivity contribution in [2.24, 2.45) is 0 Å². The summed E-state index contributed by atoms with van der Waals surface area (Å²) < 4.78 is 13.1. The first-order valence-corrected chi connectivity index (χ1v) is 11.0. The molecule has 2 aliphatic heterocycles. The van der Waals surface area contributed by atoms with Crippen molar-refractivity contribution >= 4 is 29.0 Å². The highest BCUT2D eigenvalue weighted by Gasteiger charge is 2.43. The van der Waals surface area contributed by atoms with Crippen LogP contribution in [-0.2, 0) is 16.0 Å². The van der Waals surface area contributed by atoms with Crippen LogP contribution in [0.15, 0.2) is 30.7 Å². The summed E-state index contributed by atoms with van der Waals surface area (Å²) in [6, 6.07) is 5.53. The Hall–Kier alpha value is -3.66. The van der Waals surface area contributed by atoms with Crippen molar-refractivity contribution in [2.75, 3.05) is 36.3 Å². The molecule has 2 aromatic heterocycles. The number of carbonyl (C=O) groups excluding carboxylic acids is 1. The van der Waals surface area contributed by atoms with Gasteiger partial charge in [0.1, 0.15) is 17.5 Å². The maximum atomic E-state index is 12.7. The number of imidazole rings is 1. The van der Waals surface area contributed by atoms with Gasteiger partial charge in [0.2, 0.25) is 11.9 Å². The Balaban J connectivity index is 1.49. The normalized spacial score (nSPS) is 19.2. The van der Waals surface area contributed by atoms with Crippen LogP contribution in [0.4, 0.5) is 23.1 Å². The van der Waals surface area contributed by atoms with Crippen molar-refractivity contribution in [3.05, 3.63) is 42.1 Å². The lowest BCUT2D eigenvalue weighted by molar-refractivity contribution is -0.117. The number of rotatable bonds is 6. The van der Waals surface area contributed by atoms with Gasteiger partial charge in [0, 0.05) is 38.0 Å². The van der Waals surface area contributed by atoms with Gasteiger partial charge in [-0.2, -0.15) is 4.98 Å². The summed E-state index contributed by atoms with van der Waals surface area (Å²) in [5.74, 6) is 1.86. The molecular formula is C23H27N7O3. The lowest BCUT2D eigenvalue weighted by atomic mass is 10.1. The van der Waals surface area contributed by atoms with Crippen LogP contribution >= 0.6 is 0 Å². The fraction of sp³-hybridized carbons (Fsp3) is 0.391. The number of ether oxygens (including phenoxy) is 2. The molecule has 10 nitrogen and oxygen atoms in total. The number of nitrogens with one attached hydrogen (secondary N) is 2. The van der Waals surface area contributed by atoms with Gasteiger partial charge in [-0.25, -0.2) is 9.97 Å². The summed E-state index contributed by atoms with van der Waals surface area (Å²) in [7, 11) is 3.31. The lowest BCUT2D eigenvalue weighted by Crippen LogP contribution is -2.45. The van der Waals surface area contributed by atoms with Crippen LogP contribution in [0.2, 0.25) is 0 Å². The third-order valence-electron chi connectivity index (χ3n) is 6.14. The van der Waals surface area contributed by atoms with Gasteiger partial charge in [-0.3, -0.25) is 4.79 Å². The number of benzene rings is 1. The standard InChI is InChI=1S/C23H27N7O3/c1-5-16-20-21(30-11-15(32-3)9-18(30)22(31)27-20)28-23(26-16)25-14-6-7-17(19(8-14)33-4)29-10-13(2)24-12-29/h6-8,10,12,15,18H,5,9,11H2,1-4H3,(H,27,31)(H,25,26,28). The molecule has 2 unspecified atom stereocenters. The number of amides is 1. The summed E-state index contributed by atoms with van der Waals surface area (Å²) >= 11 is 0. The van der Waals surface area contributed by atoms with Crippen LogP contribution in [-0.4, -0.2) is 58.3 Å². The first-order chi connectivity index (χ1) is 16.0. The second kappa shape index (κ2) is 8.36. The molecule has 0 bridgehead atoms. The van der Waals surface area contributed by atoms with Crippen molar-refractivity contribution in [1.82, 2.24) is 19.5 Å². The molecular weight excluding hydrogens is 422 g/mol. The van der Waals surface area contributed by atoms with Crippen LogP contribution in [0.1, 0.15) is 24.7 Å². The van der Waals surface area contributed by atoms with E-state index in [4.69, 9.17) is 14.5 Å². The number of aryl methyl sites for hydroxylation is 2. The molecule has 1 amide bonds. The molecule has 172 valence electrons. The summed E-state index contributed by atoms with van der Waals surface area (Å²) in [5.41, 5.74) is 4.08. The molecule has 10 heteroatoms. The first-order valence-electron chi connectivity index (χ1n) is 11.0. The van der Waals surface area contributed by atoms with E-state index < -0.39 is 0 Å². The minimum atomic E-state index is -0.284. The molecule has 0 radical (unpaired) electrons. The highest BCUT2D eigenvalue weighted by Crippen LogP contribution is 2.39.